The first-order valence-electron chi connectivity index (χ1n) is 15.1. The Hall–Kier alpha value is -3.80. The van der Waals surface area contributed by atoms with Crippen molar-refractivity contribution < 1.29 is 28.7 Å². The highest BCUT2D eigenvalue weighted by molar-refractivity contribution is 7.09. The zero-order valence-corrected chi connectivity index (χ0v) is 27.6. The van der Waals surface area contributed by atoms with Crippen molar-refractivity contribution in [1.29, 1.82) is 0 Å². The molecule has 2 heterocycles. The number of benzene rings is 1. The van der Waals surface area contributed by atoms with Crippen LogP contribution in [0.4, 0.5) is 0 Å². The zero-order chi connectivity index (χ0) is 32.7. The number of rotatable bonds is 5. The lowest BCUT2D eigenvalue weighted by molar-refractivity contribution is -0.164. The summed E-state index contributed by atoms with van der Waals surface area (Å²) in [6, 6.07) is 6.36. The van der Waals surface area contributed by atoms with E-state index in [-0.39, 0.29) is 23.9 Å². The van der Waals surface area contributed by atoms with Gasteiger partial charge in [0.15, 0.2) is 6.10 Å². The van der Waals surface area contributed by atoms with Gasteiger partial charge in [0.25, 0.3) is 11.8 Å². The van der Waals surface area contributed by atoms with Gasteiger partial charge in [0.05, 0.1) is 12.0 Å². The number of carbonyl (C=O) groups is 5. The second-order valence-electron chi connectivity index (χ2n) is 11.8. The van der Waals surface area contributed by atoms with Crippen molar-refractivity contribution in [3.63, 3.8) is 0 Å². The van der Waals surface area contributed by atoms with Crippen molar-refractivity contribution in [3.05, 3.63) is 52.0 Å². The highest BCUT2D eigenvalue weighted by Gasteiger charge is 2.39. The Morgan fingerprint density at radius 3 is 2.23 bits per heavy atom. The number of hydrogen-bond acceptors (Lipinski definition) is 8. The molecule has 1 unspecified atom stereocenters. The third-order valence-corrected chi connectivity index (χ3v) is 9.08. The first-order chi connectivity index (χ1) is 20.8. The average Bonchev–Trinajstić information content (AvgIpc) is 3.49. The van der Waals surface area contributed by atoms with E-state index in [2.05, 4.69) is 15.6 Å². The van der Waals surface area contributed by atoms with Crippen LogP contribution in [-0.4, -0.2) is 82.7 Å². The number of cyclic esters (lactones) is 1. The van der Waals surface area contributed by atoms with Gasteiger partial charge in [0, 0.05) is 31.9 Å². The van der Waals surface area contributed by atoms with Crippen LogP contribution in [0.1, 0.15) is 81.5 Å². The number of fused-ring (bicyclic) bond motifs is 2. The molecule has 1 aliphatic heterocycles. The molecule has 44 heavy (non-hydrogen) atoms. The van der Waals surface area contributed by atoms with Gasteiger partial charge >= 0.3 is 5.97 Å². The van der Waals surface area contributed by atoms with Crippen molar-refractivity contribution >= 4 is 40.9 Å². The lowest BCUT2D eigenvalue weighted by Gasteiger charge is -2.37. The van der Waals surface area contributed by atoms with Gasteiger partial charge in [-0.05, 0) is 38.7 Å². The van der Waals surface area contributed by atoms with Crippen LogP contribution in [0.2, 0.25) is 0 Å². The summed E-state index contributed by atoms with van der Waals surface area (Å²) in [6.07, 6.45) is 0.194. The summed E-state index contributed by atoms with van der Waals surface area (Å²) >= 11 is 1.24. The summed E-state index contributed by atoms with van der Waals surface area (Å²) in [5.74, 6) is -3.47. The smallest absolute Gasteiger partial charge is 0.311 e. The first-order valence-corrected chi connectivity index (χ1v) is 16.0. The normalized spacial score (nSPS) is 26.4. The van der Waals surface area contributed by atoms with Crippen molar-refractivity contribution in [3.8, 4) is 0 Å². The van der Waals surface area contributed by atoms with Crippen LogP contribution in [0.3, 0.4) is 0 Å². The number of nitrogens with zero attached hydrogens (tertiary/aromatic N) is 3. The van der Waals surface area contributed by atoms with Gasteiger partial charge in [-0.2, -0.15) is 0 Å². The third-order valence-electron chi connectivity index (χ3n) is 8.05. The molecule has 2 N–H and O–H groups in total. The van der Waals surface area contributed by atoms with Crippen LogP contribution in [-0.2, 0) is 30.3 Å². The molecular formula is C32H45N5O6S. The minimum absolute atomic E-state index is 0.173. The molecular weight excluding hydrogens is 582 g/mol. The molecule has 0 aliphatic carbocycles. The van der Waals surface area contributed by atoms with Crippen molar-refractivity contribution in [2.24, 2.45) is 11.8 Å². The molecule has 6 atom stereocenters. The molecule has 240 valence electrons. The maximum absolute atomic E-state index is 14.1. The number of likely N-dealkylation sites (N-methyl/N-ethyl adjacent to an activating group) is 2. The van der Waals surface area contributed by atoms with Crippen LogP contribution in [0.25, 0.3) is 0 Å². The van der Waals surface area contributed by atoms with Gasteiger partial charge in [-0.3, -0.25) is 24.0 Å². The van der Waals surface area contributed by atoms with Gasteiger partial charge in [-0.25, -0.2) is 4.98 Å². The van der Waals surface area contributed by atoms with E-state index in [0.717, 1.165) is 5.56 Å². The number of hydrogen-bond donors (Lipinski definition) is 2. The molecule has 11 nitrogen and oxygen atoms in total. The van der Waals surface area contributed by atoms with E-state index in [1.54, 1.807) is 26.3 Å². The first kappa shape index (κ1) is 34.7. The van der Waals surface area contributed by atoms with E-state index in [1.165, 1.54) is 35.1 Å². The minimum atomic E-state index is -1.20. The number of aromatic nitrogens is 1. The van der Waals surface area contributed by atoms with E-state index in [0.29, 0.717) is 17.8 Å². The molecule has 0 saturated carbocycles. The molecule has 3 rings (SSSR count). The van der Waals surface area contributed by atoms with Gasteiger partial charge in [0.2, 0.25) is 11.8 Å². The average molecular weight is 628 g/mol. The topological polar surface area (TPSA) is 138 Å². The van der Waals surface area contributed by atoms with Crippen molar-refractivity contribution in [1.82, 2.24) is 25.4 Å². The fourth-order valence-corrected chi connectivity index (χ4v) is 6.22. The molecule has 2 aromatic rings. The number of carbonyl (C=O) groups excluding carboxylic acids is 5. The highest BCUT2D eigenvalue weighted by Crippen LogP contribution is 2.22. The third kappa shape index (κ3) is 8.22. The number of amides is 4. The fourth-order valence-electron chi connectivity index (χ4n) is 5.41. The molecule has 0 radical (unpaired) electrons. The predicted molar refractivity (Wildman–Crippen MR) is 168 cm³/mol. The van der Waals surface area contributed by atoms with Gasteiger partial charge in [-0.1, -0.05) is 57.5 Å². The number of ether oxygens (including phenoxy) is 1. The molecule has 1 aromatic heterocycles. The van der Waals surface area contributed by atoms with Gasteiger partial charge < -0.3 is 25.2 Å². The number of nitrogens with one attached hydrogen (secondary N) is 2. The van der Waals surface area contributed by atoms with Crippen LogP contribution in [0, 0.1) is 11.8 Å². The summed E-state index contributed by atoms with van der Waals surface area (Å²) in [6.45, 7) is 10.5. The van der Waals surface area contributed by atoms with E-state index in [1.807, 2.05) is 51.1 Å². The molecule has 4 amide bonds. The molecule has 0 fully saturated rings. The molecule has 1 aliphatic rings. The summed E-state index contributed by atoms with van der Waals surface area (Å²) in [5, 5.41) is 8.00. The summed E-state index contributed by atoms with van der Waals surface area (Å²) in [7, 11) is 3.06. The standard InChI is InChI=1S/C32H45N5O6S/c1-9-13-23-19(4)32(42)43-21(6)30(40)36(7)25(16-22-14-11-10-12-15-22)31(41)37(8)26(18(2)3)28(39)33-20(5)29-35-24(17-44-29)27(38)34-23/h10-12,14-15,17-21,23,25-26H,9,13,16H2,1-8H3,(H,33,39)(H,34,38)/t19-,20+,21+,23?,25+,26+/m1/s1. The SMILES string of the molecule is CCCC1NC(=O)c2csc(n2)[C@H](C)NC(=O)[C@H](C(C)C)N(C)C(=O)[C@H](Cc2ccccc2)N(C)C(=O)[C@H](C)OC(=O)[C@@H]1C. The Morgan fingerprint density at radius 1 is 0.955 bits per heavy atom. The monoisotopic (exact) mass is 627 g/mol. The van der Waals surface area contributed by atoms with E-state index >= 15 is 0 Å². The lowest BCUT2D eigenvalue weighted by atomic mass is 9.97. The maximum atomic E-state index is 14.1. The number of esters is 1. The van der Waals surface area contributed by atoms with E-state index in [4.69, 9.17) is 4.74 Å². The van der Waals surface area contributed by atoms with E-state index < -0.39 is 59.9 Å². The Bertz CT molecular complexity index is 1330. The molecule has 1 aromatic carbocycles. The lowest BCUT2D eigenvalue weighted by Crippen LogP contribution is -2.58. The molecule has 0 saturated heterocycles. The summed E-state index contributed by atoms with van der Waals surface area (Å²) in [5.41, 5.74) is 1.000. The van der Waals surface area contributed by atoms with E-state index in [9.17, 15) is 24.0 Å². The Balaban J connectivity index is 2.06. The quantitative estimate of drug-likeness (QED) is 0.485. The zero-order valence-electron chi connectivity index (χ0n) is 26.8. The fraction of sp³-hybridized carbons (Fsp3) is 0.562. The number of thiazole rings is 1. The predicted octanol–water partition coefficient (Wildman–Crippen LogP) is 3.35. The highest BCUT2D eigenvalue weighted by atomic mass is 32.1. The molecule has 2 bridgehead atoms. The summed E-state index contributed by atoms with van der Waals surface area (Å²) in [4.78, 5) is 75.0. The van der Waals surface area contributed by atoms with Gasteiger partial charge in [0.1, 0.15) is 22.8 Å². The van der Waals surface area contributed by atoms with Crippen LogP contribution in [0.5, 0.6) is 0 Å². The largest absolute Gasteiger partial charge is 0.452 e. The second kappa shape index (κ2) is 15.3. The Morgan fingerprint density at radius 2 is 1.61 bits per heavy atom. The second-order valence-corrected chi connectivity index (χ2v) is 12.7. The summed E-state index contributed by atoms with van der Waals surface area (Å²) < 4.78 is 5.62. The Labute approximate surface area is 263 Å². The molecule has 12 heteroatoms. The van der Waals surface area contributed by atoms with Crippen LogP contribution in [0.15, 0.2) is 35.7 Å². The van der Waals surface area contributed by atoms with Gasteiger partial charge in [-0.15, -0.1) is 11.3 Å². The van der Waals surface area contributed by atoms with Crippen LogP contribution >= 0.6 is 11.3 Å². The van der Waals surface area contributed by atoms with Crippen molar-refractivity contribution in [2.75, 3.05) is 14.1 Å². The van der Waals surface area contributed by atoms with Crippen LogP contribution < -0.4 is 10.6 Å². The maximum Gasteiger partial charge on any atom is 0.311 e. The van der Waals surface area contributed by atoms with Crippen molar-refractivity contribution in [2.45, 2.75) is 91.1 Å². The Kier molecular flexibility index (Phi) is 12.0. The minimum Gasteiger partial charge on any atom is -0.452 e. The molecule has 0 spiro atoms.